The van der Waals surface area contributed by atoms with Crippen LogP contribution in [0.15, 0.2) is 47.6 Å². The number of imidazole rings is 1. The second kappa shape index (κ2) is 9.59. The van der Waals surface area contributed by atoms with Crippen LogP contribution >= 0.6 is 11.8 Å². The predicted octanol–water partition coefficient (Wildman–Crippen LogP) is 3.07. The molecule has 4 rings (SSSR count). The van der Waals surface area contributed by atoms with Gasteiger partial charge >= 0.3 is 0 Å². The Hall–Kier alpha value is -2.42. The number of rotatable bonds is 7. The molecule has 1 fully saturated rings. The molecule has 1 saturated heterocycles. The monoisotopic (exact) mass is 428 g/mol. The van der Waals surface area contributed by atoms with Gasteiger partial charge in [0.1, 0.15) is 5.82 Å². The van der Waals surface area contributed by atoms with Crippen molar-refractivity contribution in [3.05, 3.63) is 59.4 Å². The highest BCUT2D eigenvalue weighted by Crippen LogP contribution is 2.26. The minimum absolute atomic E-state index is 0.0770. The number of hydrogen-bond acceptors (Lipinski definition) is 5. The first kappa shape index (κ1) is 20.8. The summed E-state index contributed by atoms with van der Waals surface area (Å²) < 4.78 is 20.4. The summed E-state index contributed by atoms with van der Waals surface area (Å²) in [6, 6.07) is 12.1. The Morgan fingerprint density at radius 2 is 1.97 bits per heavy atom. The van der Waals surface area contributed by atoms with E-state index in [2.05, 4.69) is 15.2 Å². The van der Waals surface area contributed by atoms with E-state index in [0.29, 0.717) is 17.9 Å². The van der Waals surface area contributed by atoms with Crippen molar-refractivity contribution >= 4 is 28.7 Å². The zero-order valence-electron chi connectivity index (χ0n) is 16.9. The lowest BCUT2D eigenvalue weighted by atomic mass is 10.2. The van der Waals surface area contributed by atoms with Crippen molar-refractivity contribution in [2.75, 3.05) is 39.4 Å². The van der Waals surface area contributed by atoms with Gasteiger partial charge in [-0.15, -0.1) is 0 Å². The van der Waals surface area contributed by atoms with E-state index < -0.39 is 0 Å². The number of thioether (sulfide) groups is 1. The van der Waals surface area contributed by atoms with Crippen LogP contribution in [0.25, 0.3) is 11.0 Å². The van der Waals surface area contributed by atoms with Gasteiger partial charge in [0.25, 0.3) is 5.91 Å². The number of fused-ring (bicyclic) bond motifs is 1. The molecule has 1 aromatic heterocycles. The molecule has 2 aromatic carbocycles. The summed E-state index contributed by atoms with van der Waals surface area (Å²) in [5.74, 6) is 0.390. The van der Waals surface area contributed by atoms with Gasteiger partial charge < -0.3 is 14.6 Å². The molecule has 0 bridgehead atoms. The van der Waals surface area contributed by atoms with Crippen LogP contribution in [0.2, 0.25) is 0 Å². The third-order valence-electron chi connectivity index (χ3n) is 5.20. The fourth-order valence-corrected chi connectivity index (χ4v) is 4.36. The average molecular weight is 429 g/mol. The molecule has 1 amide bonds. The van der Waals surface area contributed by atoms with Crippen molar-refractivity contribution in [2.45, 2.75) is 10.9 Å². The first-order chi connectivity index (χ1) is 14.6. The van der Waals surface area contributed by atoms with E-state index in [9.17, 15) is 9.18 Å². The van der Waals surface area contributed by atoms with Gasteiger partial charge in [0.2, 0.25) is 0 Å². The number of benzene rings is 2. The Balaban J connectivity index is 1.38. The molecule has 158 valence electrons. The molecule has 0 unspecified atom stereocenters. The molecule has 1 N–H and O–H groups in total. The Morgan fingerprint density at radius 3 is 2.73 bits per heavy atom. The molecular weight excluding hydrogens is 403 g/mol. The molecule has 0 atom stereocenters. The first-order valence-electron chi connectivity index (χ1n) is 10.0. The third kappa shape index (κ3) is 5.00. The molecular formula is C22H25FN4O2S. The predicted molar refractivity (Wildman–Crippen MR) is 116 cm³/mol. The summed E-state index contributed by atoms with van der Waals surface area (Å²) in [5, 5.41) is 3.86. The van der Waals surface area contributed by atoms with Crippen LogP contribution in [0.5, 0.6) is 0 Å². The maximum absolute atomic E-state index is 13.1. The first-order valence-corrected chi connectivity index (χ1v) is 11.0. The van der Waals surface area contributed by atoms with E-state index in [1.54, 1.807) is 23.9 Å². The zero-order chi connectivity index (χ0) is 20.9. The Morgan fingerprint density at radius 1 is 1.20 bits per heavy atom. The fourth-order valence-electron chi connectivity index (χ4n) is 3.42. The van der Waals surface area contributed by atoms with Crippen molar-refractivity contribution < 1.29 is 13.9 Å². The molecule has 0 aliphatic carbocycles. The van der Waals surface area contributed by atoms with Gasteiger partial charge in [-0.1, -0.05) is 23.9 Å². The van der Waals surface area contributed by atoms with Crippen LogP contribution in [-0.2, 0) is 17.5 Å². The average Bonchev–Trinajstić information content (AvgIpc) is 3.09. The lowest BCUT2D eigenvalue weighted by Gasteiger charge is -2.26. The number of morpholine rings is 1. The molecule has 8 heteroatoms. The topological polar surface area (TPSA) is 59.4 Å². The van der Waals surface area contributed by atoms with E-state index >= 15 is 0 Å². The summed E-state index contributed by atoms with van der Waals surface area (Å²) in [6.45, 7) is 4.78. The number of carbonyl (C=O) groups is 1. The van der Waals surface area contributed by atoms with Crippen molar-refractivity contribution in [3.8, 4) is 0 Å². The smallest absolute Gasteiger partial charge is 0.251 e. The Bertz CT molecular complexity index is 1020. The molecule has 30 heavy (non-hydrogen) atoms. The van der Waals surface area contributed by atoms with E-state index in [1.807, 2.05) is 29.8 Å². The van der Waals surface area contributed by atoms with Gasteiger partial charge in [0.05, 0.1) is 24.2 Å². The van der Waals surface area contributed by atoms with Crippen LogP contribution < -0.4 is 5.32 Å². The number of nitrogens with one attached hydrogen (secondary N) is 1. The summed E-state index contributed by atoms with van der Waals surface area (Å²) >= 11 is 1.59. The second-order valence-electron chi connectivity index (χ2n) is 7.28. The standard InChI is InChI=1S/C22H25FN4O2S/c1-26-20-14-17(21(28)24-8-9-27-10-12-29-13-11-27)4-7-19(20)25-22(26)30-15-16-2-5-18(23)6-3-16/h2-7,14H,8-13,15H2,1H3,(H,24,28). The highest BCUT2D eigenvalue weighted by Gasteiger charge is 2.14. The number of aryl methyl sites for hydroxylation is 1. The fraction of sp³-hybridized carbons (Fsp3) is 0.364. The normalized spacial score (nSPS) is 14.9. The van der Waals surface area contributed by atoms with Crippen LogP contribution in [0, 0.1) is 5.82 Å². The molecule has 3 aromatic rings. The third-order valence-corrected chi connectivity index (χ3v) is 6.30. The molecule has 0 radical (unpaired) electrons. The van der Waals surface area contributed by atoms with E-state index in [1.165, 1.54) is 12.1 Å². The number of hydrogen-bond donors (Lipinski definition) is 1. The Kier molecular flexibility index (Phi) is 6.66. The van der Waals surface area contributed by atoms with E-state index in [-0.39, 0.29) is 11.7 Å². The molecule has 1 aliphatic rings. The highest BCUT2D eigenvalue weighted by molar-refractivity contribution is 7.98. The maximum Gasteiger partial charge on any atom is 0.251 e. The second-order valence-corrected chi connectivity index (χ2v) is 8.22. The number of carbonyl (C=O) groups excluding carboxylic acids is 1. The van der Waals surface area contributed by atoms with Crippen LogP contribution in [0.3, 0.4) is 0 Å². The number of nitrogens with zero attached hydrogens (tertiary/aromatic N) is 3. The van der Waals surface area contributed by atoms with Gasteiger partial charge in [-0.3, -0.25) is 9.69 Å². The number of amides is 1. The van der Waals surface area contributed by atoms with Crippen LogP contribution in [-0.4, -0.2) is 59.8 Å². The SMILES string of the molecule is Cn1c(SCc2ccc(F)cc2)nc2ccc(C(=O)NCCN3CCOCC3)cc21. The Labute approximate surface area is 179 Å². The summed E-state index contributed by atoms with van der Waals surface area (Å²) in [7, 11) is 1.95. The molecule has 0 spiro atoms. The zero-order valence-corrected chi connectivity index (χ0v) is 17.8. The van der Waals surface area contributed by atoms with Crippen molar-refractivity contribution in [3.63, 3.8) is 0 Å². The van der Waals surface area contributed by atoms with Crippen LogP contribution in [0.4, 0.5) is 4.39 Å². The number of ether oxygens (including phenoxy) is 1. The lowest BCUT2D eigenvalue weighted by Crippen LogP contribution is -2.41. The number of aromatic nitrogens is 2. The van der Waals surface area contributed by atoms with Gasteiger partial charge in [-0.25, -0.2) is 9.37 Å². The summed E-state index contributed by atoms with van der Waals surface area (Å²) in [6.07, 6.45) is 0. The largest absolute Gasteiger partial charge is 0.379 e. The van der Waals surface area contributed by atoms with Gasteiger partial charge in [-0.05, 0) is 35.9 Å². The maximum atomic E-state index is 13.1. The van der Waals surface area contributed by atoms with Gasteiger partial charge in [0, 0.05) is 44.5 Å². The minimum Gasteiger partial charge on any atom is -0.379 e. The minimum atomic E-state index is -0.234. The van der Waals surface area contributed by atoms with Gasteiger partial charge in [-0.2, -0.15) is 0 Å². The summed E-state index contributed by atoms with van der Waals surface area (Å²) in [5.41, 5.74) is 3.43. The van der Waals surface area contributed by atoms with Crippen molar-refractivity contribution in [1.82, 2.24) is 19.8 Å². The van der Waals surface area contributed by atoms with Gasteiger partial charge in [0.15, 0.2) is 5.16 Å². The van der Waals surface area contributed by atoms with Crippen molar-refractivity contribution in [1.29, 1.82) is 0 Å². The quantitative estimate of drug-likeness (QED) is 0.586. The molecule has 6 nitrogen and oxygen atoms in total. The molecule has 0 saturated carbocycles. The van der Waals surface area contributed by atoms with E-state index in [4.69, 9.17) is 4.74 Å². The van der Waals surface area contributed by atoms with Crippen molar-refractivity contribution in [2.24, 2.45) is 7.05 Å². The van der Waals surface area contributed by atoms with Crippen LogP contribution in [0.1, 0.15) is 15.9 Å². The molecule has 2 heterocycles. The lowest BCUT2D eigenvalue weighted by molar-refractivity contribution is 0.0383. The highest BCUT2D eigenvalue weighted by atomic mass is 32.2. The van der Waals surface area contributed by atoms with E-state index in [0.717, 1.165) is 54.6 Å². The molecule has 1 aliphatic heterocycles. The summed E-state index contributed by atoms with van der Waals surface area (Å²) in [4.78, 5) is 19.5. The number of halogens is 1.